The Balaban J connectivity index is 2.42. The van der Waals surface area contributed by atoms with Crippen LogP contribution in [0.25, 0.3) is 0 Å². The van der Waals surface area contributed by atoms with Gasteiger partial charge in [0.1, 0.15) is 0 Å². The number of carbonyl (C=O) groups excluding carboxylic acids is 1. The van der Waals surface area contributed by atoms with E-state index in [1.54, 1.807) is 0 Å². The summed E-state index contributed by atoms with van der Waals surface area (Å²) in [5.41, 5.74) is 7.24. The third-order valence-corrected chi connectivity index (χ3v) is 2.93. The lowest BCUT2D eigenvalue weighted by atomic mass is 10.2. The summed E-state index contributed by atoms with van der Waals surface area (Å²) in [7, 11) is 0. The zero-order valence-electron chi connectivity index (χ0n) is 11.6. The molecule has 1 aromatic carbocycles. The van der Waals surface area contributed by atoms with Gasteiger partial charge in [0.05, 0.1) is 13.2 Å². The van der Waals surface area contributed by atoms with E-state index in [1.165, 1.54) is 0 Å². The lowest BCUT2D eigenvalue weighted by Crippen LogP contribution is -2.32. The predicted octanol–water partition coefficient (Wildman–Crippen LogP) is -0.239. The molecule has 1 rings (SSSR count). The van der Waals surface area contributed by atoms with Gasteiger partial charge in [-0.15, -0.1) is 0 Å². The number of hydrogen-bond donors (Lipinski definition) is 4. The molecule has 6 heteroatoms. The molecule has 0 unspecified atom stereocenters. The highest BCUT2D eigenvalue weighted by Crippen LogP contribution is 2.10. The van der Waals surface area contributed by atoms with Crippen LogP contribution in [0.2, 0.25) is 0 Å². The van der Waals surface area contributed by atoms with Crippen molar-refractivity contribution in [3.05, 3.63) is 29.8 Å². The number of amides is 1. The van der Waals surface area contributed by atoms with Crippen molar-refractivity contribution in [2.45, 2.75) is 13.0 Å². The quantitative estimate of drug-likeness (QED) is 0.501. The number of hydrogen-bond acceptors (Lipinski definition) is 5. The van der Waals surface area contributed by atoms with Crippen molar-refractivity contribution in [2.24, 2.45) is 5.73 Å². The molecule has 0 aliphatic carbocycles. The molecule has 1 amide bonds. The van der Waals surface area contributed by atoms with Crippen LogP contribution >= 0.6 is 0 Å². The zero-order valence-corrected chi connectivity index (χ0v) is 11.6. The van der Waals surface area contributed by atoms with Crippen LogP contribution in [0.3, 0.4) is 0 Å². The first-order chi connectivity index (χ1) is 9.69. The van der Waals surface area contributed by atoms with E-state index in [-0.39, 0.29) is 19.1 Å². The van der Waals surface area contributed by atoms with Crippen LogP contribution in [0.1, 0.15) is 12.0 Å². The van der Waals surface area contributed by atoms with Crippen molar-refractivity contribution in [1.29, 1.82) is 0 Å². The van der Waals surface area contributed by atoms with Crippen LogP contribution < -0.4 is 11.1 Å². The summed E-state index contributed by atoms with van der Waals surface area (Å²) in [5, 5.41) is 20.6. The summed E-state index contributed by atoms with van der Waals surface area (Å²) in [6, 6.07) is 7.41. The number of rotatable bonds is 9. The Morgan fingerprint density at radius 1 is 1.20 bits per heavy atom. The molecule has 0 saturated heterocycles. The molecule has 0 atom stereocenters. The van der Waals surface area contributed by atoms with Crippen LogP contribution in [0.5, 0.6) is 0 Å². The Hall–Kier alpha value is -1.47. The lowest BCUT2D eigenvalue weighted by Gasteiger charge is -2.19. The number of aliphatic hydroxyl groups excluding tert-OH is 2. The minimum atomic E-state index is -0.0972. The fraction of sp³-hybridized carbons (Fsp3) is 0.500. The number of nitrogens with two attached hydrogens (primary N) is 1. The van der Waals surface area contributed by atoms with E-state index in [9.17, 15) is 4.79 Å². The molecule has 0 radical (unpaired) electrons. The topological polar surface area (TPSA) is 98.8 Å². The molecule has 0 spiro atoms. The molecule has 0 bridgehead atoms. The predicted molar refractivity (Wildman–Crippen MR) is 78.2 cm³/mol. The van der Waals surface area contributed by atoms with Crippen molar-refractivity contribution >= 4 is 11.6 Å². The number of nitrogens with one attached hydrogen (secondary N) is 1. The maximum atomic E-state index is 11.8. The van der Waals surface area contributed by atoms with E-state index in [1.807, 2.05) is 29.2 Å². The normalized spacial score (nSPS) is 10.8. The minimum Gasteiger partial charge on any atom is -0.395 e. The van der Waals surface area contributed by atoms with Crippen molar-refractivity contribution in [3.63, 3.8) is 0 Å². The van der Waals surface area contributed by atoms with Gasteiger partial charge in [-0.1, -0.05) is 12.1 Å². The van der Waals surface area contributed by atoms with Crippen molar-refractivity contribution in [1.82, 2.24) is 4.90 Å². The van der Waals surface area contributed by atoms with Crippen LogP contribution in [0.4, 0.5) is 5.69 Å². The fourth-order valence-electron chi connectivity index (χ4n) is 1.88. The molecular weight excluding hydrogens is 258 g/mol. The second-order valence-electron chi connectivity index (χ2n) is 4.49. The van der Waals surface area contributed by atoms with Gasteiger partial charge in [-0.3, -0.25) is 9.69 Å². The van der Waals surface area contributed by atoms with Crippen LogP contribution in [-0.4, -0.2) is 53.9 Å². The Kier molecular flexibility index (Phi) is 7.82. The van der Waals surface area contributed by atoms with E-state index in [4.69, 9.17) is 15.9 Å². The molecule has 5 N–H and O–H groups in total. The van der Waals surface area contributed by atoms with Gasteiger partial charge in [0.25, 0.3) is 0 Å². The molecule has 1 aromatic rings. The molecule has 0 fully saturated rings. The minimum absolute atomic E-state index is 0.0141. The van der Waals surface area contributed by atoms with Gasteiger partial charge in [0.2, 0.25) is 5.91 Å². The highest BCUT2D eigenvalue weighted by molar-refractivity contribution is 5.90. The highest BCUT2D eigenvalue weighted by Gasteiger charge is 2.08. The second kappa shape index (κ2) is 9.44. The molecule has 0 heterocycles. The van der Waals surface area contributed by atoms with Gasteiger partial charge in [-0.2, -0.15) is 0 Å². The molecular formula is C14H23N3O3. The highest BCUT2D eigenvalue weighted by atomic mass is 16.3. The largest absolute Gasteiger partial charge is 0.395 e. The van der Waals surface area contributed by atoms with Crippen molar-refractivity contribution < 1.29 is 15.0 Å². The van der Waals surface area contributed by atoms with Crippen molar-refractivity contribution in [3.8, 4) is 0 Å². The zero-order chi connectivity index (χ0) is 14.8. The number of carbonyl (C=O) groups is 1. The lowest BCUT2D eigenvalue weighted by molar-refractivity contribution is -0.116. The molecule has 6 nitrogen and oxygen atoms in total. The molecule has 0 aliphatic rings. The number of nitrogens with zero attached hydrogens (tertiary/aromatic N) is 1. The summed E-state index contributed by atoms with van der Waals surface area (Å²) < 4.78 is 0. The van der Waals surface area contributed by atoms with Gasteiger partial charge in [-0.25, -0.2) is 0 Å². The van der Waals surface area contributed by atoms with E-state index in [0.717, 1.165) is 11.3 Å². The summed E-state index contributed by atoms with van der Waals surface area (Å²) >= 11 is 0. The average Bonchev–Trinajstić information content (AvgIpc) is 2.45. The Morgan fingerprint density at radius 3 is 2.50 bits per heavy atom. The van der Waals surface area contributed by atoms with Gasteiger partial charge >= 0.3 is 0 Å². The van der Waals surface area contributed by atoms with Gasteiger partial charge in [0.15, 0.2) is 0 Å². The van der Waals surface area contributed by atoms with Crippen LogP contribution in [0, 0.1) is 0 Å². The Labute approximate surface area is 119 Å². The maximum absolute atomic E-state index is 11.8. The summed E-state index contributed by atoms with van der Waals surface area (Å²) in [5.74, 6) is -0.0972. The Morgan fingerprint density at radius 2 is 1.90 bits per heavy atom. The van der Waals surface area contributed by atoms with Crippen LogP contribution in [-0.2, 0) is 11.3 Å². The molecule has 20 heavy (non-hydrogen) atoms. The van der Waals surface area contributed by atoms with Gasteiger partial charge < -0.3 is 21.3 Å². The first-order valence-electron chi connectivity index (χ1n) is 6.72. The van der Waals surface area contributed by atoms with E-state index >= 15 is 0 Å². The van der Waals surface area contributed by atoms with Crippen LogP contribution in [0.15, 0.2) is 24.3 Å². The summed E-state index contributed by atoms with van der Waals surface area (Å²) in [4.78, 5) is 13.7. The summed E-state index contributed by atoms with van der Waals surface area (Å²) in [6.45, 7) is 1.88. The van der Waals surface area contributed by atoms with E-state index < -0.39 is 0 Å². The van der Waals surface area contributed by atoms with Crippen molar-refractivity contribution in [2.75, 3.05) is 38.2 Å². The molecule has 0 saturated carbocycles. The third kappa shape index (κ3) is 6.12. The Bertz CT molecular complexity index is 406. The first-order valence-corrected chi connectivity index (χ1v) is 6.72. The molecule has 0 aromatic heterocycles. The standard InChI is InChI=1S/C14H23N3O3/c15-11-12-2-1-3-13(10-12)16-14(20)4-5-17(6-8-18)7-9-19/h1-3,10,18-19H,4-9,11,15H2,(H,16,20). The monoisotopic (exact) mass is 281 g/mol. The average molecular weight is 281 g/mol. The molecule has 112 valence electrons. The molecule has 0 aliphatic heterocycles. The second-order valence-corrected chi connectivity index (χ2v) is 4.49. The van der Waals surface area contributed by atoms with E-state index in [0.29, 0.717) is 32.6 Å². The first kappa shape index (κ1) is 16.6. The number of anilines is 1. The van der Waals surface area contributed by atoms with Gasteiger partial charge in [-0.05, 0) is 17.7 Å². The third-order valence-electron chi connectivity index (χ3n) is 2.93. The summed E-state index contributed by atoms with van der Waals surface area (Å²) in [6.07, 6.45) is 0.312. The fourth-order valence-corrected chi connectivity index (χ4v) is 1.88. The number of aliphatic hydroxyl groups is 2. The maximum Gasteiger partial charge on any atom is 0.225 e. The van der Waals surface area contributed by atoms with Gasteiger partial charge in [0, 0.05) is 38.3 Å². The smallest absolute Gasteiger partial charge is 0.225 e. The van der Waals surface area contributed by atoms with E-state index in [2.05, 4.69) is 5.32 Å². The SMILES string of the molecule is NCc1cccc(NC(=O)CCN(CCO)CCO)c1. The number of benzene rings is 1.